The maximum absolute atomic E-state index is 14.5. The van der Waals surface area contributed by atoms with Gasteiger partial charge in [-0.05, 0) is 25.3 Å². The number of aliphatic hydroxyl groups excluding tert-OH is 1. The minimum atomic E-state index is -0.348. The smallest absolute Gasteiger partial charge is 0.167 e. The van der Waals surface area contributed by atoms with Crippen molar-refractivity contribution >= 4 is 16.9 Å². The van der Waals surface area contributed by atoms with Crippen molar-refractivity contribution in [3.63, 3.8) is 0 Å². The maximum Gasteiger partial charge on any atom is 0.167 e. The van der Waals surface area contributed by atoms with E-state index in [1.807, 2.05) is 34.9 Å². The van der Waals surface area contributed by atoms with Crippen molar-refractivity contribution in [2.75, 3.05) is 11.9 Å². The Morgan fingerprint density at radius 2 is 1.96 bits per heavy atom. The first kappa shape index (κ1) is 18.3. The molecule has 0 bridgehead atoms. The van der Waals surface area contributed by atoms with E-state index < -0.39 is 0 Å². The lowest BCUT2D eigenvalue weighted by molar-refractivity contribution is 0.276. The Hall–Kier alpha value is -2.47. The summed E-state index contributed by atoms with van der Waals surface area (Å²) in [7, 11) is 0. The van der Waals surface area contributed by atoms with Crippen molar-refractivity contribution in [2.45, 2.75) is 45.7 Å². The molecule has 0 radical (unpaired) electrons. The molecule has 138 valence electrons. The highest BCUT2D eigenvalue weighted by Gasteiger charge is 2.18. The van der Waals surface area contributed by atoms with Gasteiger partial charge in [0.05, 0.1) is 0 Å². The van der Waals surface area contributed by atoms with E-state index >= 15 is 0 Å². The van der Waals surface area contributed by atoms with Crippen LogP contribution >= 0.6 is 0 Å². The fourth-order valence-corrected chi connectivity index (χ4v) is 3.26. The number of nitrogens with one attached hydrogen (secondary N) is 1. The second-order valence-electron chi connectivity index (χ2n) is 6.55. The number of halogens is 1. The molecule has 2 aromatic heterocycles. The molecule has 0 saturated carbocycles. The summed E-state index contributed by atoms with van der Waals surface area (Å²) in [6.07, 6.45) is 4.01. The van der Waals surface area contributed by atoms with E-state index in [1.165, 1.54) is 6.20 Å². The van der Waals surface area contributed by atoms with Crippen molar-refractivity contribution < 1.29 is 9.50 Å². The first-order valence-electron chi connectivity index (χ1n) is 9.06. The van der Waals surface area contributed by atoms with Gasteiger partial charge in [-0.15, -0.1) is 0 Å². The third-order valence-corrected chi connectivity index (χ3v) is 4.43. The fourth-order valence-electron chi connectivity index (χ4n) is 3.26. The summed E-state index contributed by atoms with van der Waals surface area (Å²) in [4.78, 5) is 8.83. The van der Waals surface area contributed by atoms with Crippen LogP contribution < -0.4 is 5.32 Å². The highest BCUT2D eigenvalue weighted by molar-refractivity contribution is 5.87. The number of fused-ring (bicyclic) bond motifs is 1. The molecule has 1 aromatic carbocycles. The Bertz CT molecular complexity index is 857. The van der Waals surface area contributed by atoms with Gasteiger partial charge in [0, 0.05) is 25.4 Å². The summed E-state index contributed by atoms with van der Waals surface area (Å²) < 4.78 is 16.4. The molecule has 0 aliphatic rings. The Morgan fingerprint density at radius 1 is 1.19 bits per heavy atom. The summed E-state index contributed by atoms with van der Waals surface area (Å²) in [5.74, 6) is 0.800. The van der Waals surface area contributed by atoms with Gasteiger partial charge in [0.25, 0.3) is 0 Å². The van der Waals surface area contributed by atoms with Crippen LogP contribution in [0.25, 0.3) is 11.0 Å². The van der Waals surface area contributed by atoms with E-state index in [2.05, 4.69) is 22.2 Å². The quantitative estimate of drug-likeness (QED) is 0.643. The third-order valence-electron chi connectivity index (χ3n) is 4.43. The molecule has 0 aliphatic heterocycles. The predicted molar refractivity (Wildman–Crippen MR) is 102 cm³/mol. The minimum absolute atomic E-state index is 0.0886. The van der Waals surface area contributed by atoms with Crippen molar-refractivity contribution in [3.8, 4) is 0 Å². The topological polar surface area (TPSA) is 63.0 Å². The number of anilines is 1. The highest BCUT2D eigenvalue weighted by atomic mass is 19.1. The van der Waals surface area contributed by atoms with Crippen molar-refractivity contribution in [3.05, 3.63) is 53.7 Å². The highest BCUT2D eigenvalue weighted by Crippen LogP contribution is 2.27. The van der Waals surface area contributed by atoms with E-state index in [9.17, 15) is 9.50 Å². The van der Waals surface area contributed by atoms with Crippen LogP contribution in [-0.4, -0.2) is 32.3 Å². The first-order chi connectivity index (χ1) is 12.6. The summed E-state index contributed by atoms with van der Waals surface area (Å²) in [6.45, 7) is 4.51. The normalized spacial score (nSPS) is 12.5. The van der Waals surface area contributed by atoms with Gasteiger partial charge in [-0.3, -0.25) is 0 Å². The molecule has 26 heavy (non-hydrogen) atoms. The molecule has 3 rings (SSSR count). The Labute approximate surface area is 152 Å². The lowest BCUT2D eigenvalue weighted by Gasteiger charge is -2.19. The maximum atomic E-state index is 14.5. The van der Waals surface area contributed by atoms with Crippen LogP contribution in [0.1, 0.15) is 37.6 Å². The van der Waals surface area contributed by atoms with Crippen molar-refractivity contribution in [2.24, 2.45) is 0 Å². The average molecular weight is 356 g/mol. The van der Waals surface area contributed by atoms with Crippen LogP contribution in [0.15, 0.2) is 36.5 Å². The van der Waals surface area contributed by atoms with E-state index in [0.29, 0.717) is 35.6 Å². The van der Waals surface area contributed by atoms with E-state index in [1.54, 1.807) is 6.92 Å². The van der Waals surface area contributed by atoms with E-state index in [0.717, 1.165) is 18.4 Å². The number of benzene rings is 1. The van der Waals surface area contributed by atoms with E-state index in [4.69, 9.17) is 0 Å². The summed E-state index contributed by atoms with van der Waals surface area (Å²) in [5.41, 5.74) is 2.07. The van der Waals surface area contributed by atoms with Gasteiger partial charge in [0.1, 0.15) is 16.9 Å². The van der Waals surface area contributed by atoms with Gasteiger partial charge < -0.3 is 15.0 Å². The molecule has 3 aromatic rings. The number of hydrogen-bond donors (Lipinski definition) is 2. The van der Waals surface area contributed by atoms with Crippen LogP contribution in [0, 0.1) is 12.7 Å². The molecule has 1 atom stereocenters. The lowest BCUT2D eigenvalue weighted by Crippen LogP contribution is -2.22. The van der Waals surface area contributed by atoms with Gasteiger partial charge in [-0.2, -0.15) is 0 Å². The minimum Gasteiger partial charge on any atom is -0.396 e. The largest absolute Gasteiger partial charge is 0.396 e. The summed E-state index contributed by atoms with van der Waals surface area (Å²) in [5, 5.41) is 12.7. The molecule has 0 amide bonds. The second-order valence-corrected chi connectivity index (χ2v) is 6.55. The Kier molecular flexibility index (Phi) is 5.83. The SMILES string of the molecule is CCC[C@@H](CCO)Nc1nc(C)nc2c(F)cn(Cc3ccccc3)c12. The van der Waals surface area contributed by atoms with Crippen LogP contribution in [0.4, 0.5) is 10.2 Å². The van der Waals surface area contributed by atoms with Gasteiger partial charge in [-0.1, -0.05) is 43.7 Å². The Morgan fingerprint density at radius 3 is 2.65 bits per heavy atom. The summed E-state index contributed by atoms with van der Waals surface area (Å²) >= 11 is 0. The Balaban J connectivity index is 2.03. The third kappa shape index (κ3) is 4.02. The van der Waals surface area contributed by atoms with Gasteiger partial charge in [0.15, 0.2) is 11.6 Å². The van der Waals surface area contributed by atoms with Crippen molar-refractivity contribution in [1.82, 2.24) is 14.5 Å². The zero-order chi connectivity index (χ0) is 18.5. The standard InChI is InChI=1S/C20H25FN4O/c1-3-7-16(10-11-26)24-20-19-18(22-14(2)23-20)17(21)13-25(19)12-15-8-5-4-6-9-15/h4-6,8-9,13,16,26H,3,7,10-12H2,1-2H3,(H,22,23,24)/t16-/m0/s1. The number of aryl methyl sites for hydroxylation is 1. The lowest BCUT2D eigenvalue weighted by atomic mass is 10.1. The number of hydrogen-bond acceptors (Lipinski definition) is 4. The molecule has 0 aliphatic carbocycles. The number of aromatic nitrogens is 3. The van der Waals surface area contributed by atoms with E-state index in [-0.39, 0.29) is 18.5 Å². The van der Waals surface area contributed by atoms with Gasteiger partial charge in [0.2, 0.25) is 0 Å². The number of rotatable bonds is 8. The average Bonchev–Trinajstić information content (AvgIpc) is 2.92. The zero-order valence-electron chi connectivity index (χ0n) is 15.2. The molecule has 2 N–H and O–H groups in total. The van der Waals surface area contributed by atoms with Crippen LogP contribution in [0.5, 0.6) is 0 Å². The van der Waals surface area contributed by atoms with Crippen LogP contribution in [0.2, 0.25) is 0 Å². The van der Waals surface area contributed by atoms with Crippen LogP contribution in [-0.2, 0) is 6.54 Å². The number of aliphatic hydroxyl groups is 1. The predicted octanol–water partition coefficient (Wildman–Crippen LogP) is 3.89. The summed E-state index contributed by atoms with van der Waals surface area (Å²) in [6, 6.07) is 10.0. The molecule has 0 fully saturated rings. The van der Waals surface area contributed by atoms with Gasteiger partial charge >= 0.3 is 0 Å². The number of nitrogens with zero attached hydrogens (tertiary/aromatic N) is 3. The zero-order valence-corrected chi connectivity index (χ0v) is 15.2. The van der Waals surface area contributed by atoms with Gasteiger partial charge in [-0.25, -0.2) is 14.4 Å². The molecule has 0 spiro atoms. The second kappa shape index (κ2) is 8.27. The first-order valence-corrected chi connectivity index (χ1v) is 9.06. The molecule has 6 heteroatoms. The fraction of sp³-hybridized carbons (Fsp3) is 0.400. The monoisotopic (exact) mass is 356 g/mol. The van der Waals surface area contributed by atoms with Crippen LogP contribution in [0.3, 0.4) is 0 Å². The molecule has 5 nitrogen and oxygen atoms in total. The molecular weight excluding hydrogens is 331 g/mol. The van der Waals surface area contributed by atoms with Crippen molar-refractivity contribution in [1.29, 1.82) is 0 Å². The molecule has 0 saturated heterocycles. The molecule has 0 unspecified atom stereocenters. The molecule has 2 heterocycles. The molecular formula is C20H25FN4O.